The maximum absolute atomic E-state index is 14.1. The molecule has 5 nitrogen and oxygen atoms in total. The maximum Gasteiger partial charge on any atom is 0.166 e. The van der Waals surface area contributed by atoms with Gasteiger partial charge in [-0.25, -0.2) is 0 Å². The van der Waals surface area contributed by atoms with E-state index in [1.54, 1.807) is 0 Å². The molecule has 1 unspecified atom stereocenters. The highest BCUT2D eigenvalue weighted by molar-refractivity contribution is 5.85. The fourth-order valence-corrected chi connectivity index (χ4v) is 11.6. The van der Waals surface area contributed by atoms with Gasteiger partial charge in [-0.1, -0.05) is 27.2 Å². The van der Waals surface area contributed by atoms with Crippen molar-refractivity contribution in [3.63, 3.8) is 0 Å². The Bertz CT molecular complexity index is 937. The molecular weight excluding hydrogens is 438 g/mol. The van der Waals surface area contributed by atoms with Gasteiger partial charge >= 0.3 is 0 Å². The smallest absolute Gasteiger partial charge is 0.166 e. The minimum Gasteiger partial charge on any atom is -0.391 e. The van der Waals surface area contributed by atoms with Crippen LogP contribution in [0.1, 0.15) is 98.8 Å². The van der Waals surface area contributed by atoms with E-state index < -0.39 is 11.2 Å². The number of carbonyl (C=O) groups is 1. The van der Waals surface area contributed by atoms with Crippen molar-refractivity contribution in [1.29, 1.82) is 0 Å². The molecule has 0 aromatic heterocycles. The Labute approximate surface area is 211 Å². The Morgan fingerprint density at radius 2 is 1.91 bits per heavy atom. The quantitative estimate of drug-likeness (QED) is 0.598. The van der Waals surface area contributed by atoms with Crippen LogP contribution in [0, 0.1) is 39.9 Å². The lowest BCUT2D eigenvalue weighted by Crippen LogP contribution is -2.70. The van der Waals surface area contributed by atoms with Gasteiger partial charge in [0.15, 0.2) is 5.79 Å². The first-order valence-corrected chi connectivity index (χ1v) is 14.8. The molecule has 0 aromatic rings. The van der Waals surface area contributed by atoms with E-state index >= 15 is 0 Å². The molecule has 2 aliphatic carbocycles. The zero-order chi connectivity index (χ0) is 24.6. The zero-order valence-corrected chi connectivity index (χ0v) is 22.6. The number of aliphatic hydroxyl groups excluding tert-OH is 1. The van der Waals surface area contributed by atoms with Crippen molar-refractivity contribution in [2.45, 2.75) is 128 Å². The predicted molar refractivity (Wildman–Crippen MR) is 134 cm³/mol. The van der Waals surface area contributed by atoms with Crippen LogP contribution in [0.25, 0.3) is 0 Å². The number of fused-ring (bicyclic) bond motifs is 4. The summed E-state index contributed by atoms with van der Waals surface area (Å²) in [5, 5.41) is 11.7. The van der Waals surface area contributed by atoms with Crippen LogP contribution in [0.2, 0.25) is 0 Å². The molecule has 5 aliphatic heterocycles. The first-order chi connectivity index (χ1) is 16.5. The van der Waals surface area contributed by atoms with Crippen molar-refractivity contribution in [2.24, 2.45) is 39.9 Å². The summed E-state index contributed by atoms with van der Waals surface area (Å²) in [4.78, 5) is 16.9. The number of nitrogens with zero attached hydrogens (tertiary/aromatic N) is 1. The fraction of sp³-hybridized carbons (Fsp3) is 0.967. The zero-order valence-electron chi connectivity index (χ0n) is 22.6. The Balaban J connectivity index is 1.27. The molecule has 7 aliphatic rings. The van der Waals surface area contributed by atoms with Crippen LogP contribution < -0.4 is 0 Å². The van der Waals surface area contributed by atoms with Gasteiger partial charge < -0.3 is 14.6 Å². The van der Waals surface area contributed by atoms with E-state index in [-0.39, 0.29) is 28.6 Å². The van der Waals surface area contributed by atoms with E-state index in [1.165, 1.54) is 32.2 Å². The van der Waals surface area contributed by atoms with Gasteiger partial charge in [0.05, 0.1) is 29.8 Å². The van der Waals surface area contributed by atoms with Crippen LogP contribution in [0.15, 0.2) is 0 Å². The number of carbonyl (C=O) groups excluding carboxylic acids is 1. The minimum atomic E-state index is -0.529. The van der Waals surface area contributed by atoms with Crippen molar-refractivity contribution in [3.05, 3.63) is 0 Å². The number of hydrogen-bond donors (Lipinski definition) is 1. The minimum absolute atomic E-state index is 0.00740. The van der Waals surface area contributed by atoms with Crippen molar-refractivity contribution in [1.82, 2.24) is 4.90 Å². The lowest BCUT2D eigenvalue weighted by atomic mass is 9.42. The van der Waals surface area contributed by atoms with E-state index in [0.29, 0.717) is 48.5 Å². The molecule has 0 amide bonds. The van der Waals surface area contributed by atoms with E-state index in [0.717, 1.165) is 32.1 Å². The summed E-state index contributed by atoms with van der Waals surface area (Å²) < 4.78 is 12.4. The highest BCUT2D eigenvalue weighted by atomic mass is 16.7. The molecule has 5 heterocycles. The lowest BCUT2D eigenvalue weighted by Gasteiger charge is -2.67. The molecule has 7 bridgehead atoms. The average molecular weight is 486 g/mol. The second kappa shape index (κ2) is 7.12. The second-order valence-electron chi connectivity index (χ2n) is 14.8. The van der Waals surface area contributed by atoms with Gasteiger partial charge in [-0.3, -0.25) is 9.69 Å². The van der Waals surface area contributed by atoms with Crippen LogP contribution in [0.3, 0.4) is 0 Å². The van der Waals surface area contributed by atoms with Gasteiger partial charge in [0.1, 0.15) is 5.78 Å². The maximum atomic E-state index is 14.1. The fourth-order valence-electron chi connectivity index (χ4n) is 11.6. The summed E-state index contributed by atoms with van der Waals surface area (Å²) in [7, 11) is 0. The number of aliphatic hydroxyl groups is 1. The molecule has 0 aromatic carbocycles. The van der Waals surface area contributed by atoms with E-state index in [4.69, 9.17) is 9.47 Å². The molecule has 1 spiro atoms. The van der Waals surface area contributed by atoms with Gasteiger partial charge in [0.25, 0.3) is 0 Å². The van der Waals surface area contributed by atoms with Gasteiger partial charge in [-0.2, -0.15) is 0 Å². The Morgan fingerprint density at radius 1 is 1.11 bits per heavy atom. The summed E-state index contributed by atoms with van der Waals surface area (Å²) in [5.74, 6) is 2.26. The summed E-state index contributed by atoms with van der Waals surface area (Å²) in [5.41, 5.74) is -0.198. The van der Waals surface area contributed by atoms with Crippen molar-refractivity contribution < 1.29 is 19.4 Å². The molecule has 196 valence electrons. The summed E-state index contributed by atoms with van der Waals surface area (Å²) in [6.07, 6.45) is 10.4. The first kappa shape index (κ1) is 23.6. The van der Waals surface area contributed by atoms with Crippen molar-refractivity contribution in [2.75, 3.05) is 13.2 Å². The number of Topliss-reactive ketones (excluding diaryl/α,β-unsaturated/α-hetero) is 1. The molecule has 1 N–H and O–H groups in total. The number of hydrogen-bond acceptors (Lipinski definition) is 5. The first-order valence-electron chi connectivity index (χ1n) is 14.8. The van der Waals surface area contributed by atoms with Gasteiger partial charge in [-0.05, 0) is 93.3 Å². The Morgan fingerprint density at radius 3 is 2.69 bits per heavy atom. The monoisotopic (exact) mass is 485 g/mol. The summed E-state index contributed by atoms with van der Waals surface area (Å²) in [6, 6.07) is 0.520. The topological polar surface area (TPSA) is 59.0 Å². The van der Waals surface area contributed by atoms with Crippen LogP contribution in [0.5, 0.6) is 0 Å². The molecule has 35 heavy (non-hydrogen) atoms. The highest BCUT2D eigenvalue weighted by Crippen LogP contribution is 2.79. The van der Waals surface area contributed by atoms with E-state index in [2.05, 4.69) is 32.6 Å². The molecule has 7 fully saturated rings. The molecular formula is C30H47NO4. The van der Waals surface area contributed by atoms with Crippen LogP contribution >= 0.6 is 0 Å². The highest BCUT2D eigenvalue weighted by Gasteiger charge is 2.81. The van der Waals surface area contributed by atoms with E-state index in [1.807, 2.05) is 6.92 Å². The molecule has 5 saturated heterocycles. The Kier molecular flexibility index (Phi) is 4.81. The number of piperidine rings is 2. The second-order valence-corrected chi connectivity index (χ2v) is 14.8. The number of ketones is 1. The summed E-state index contributed by atoms with van der Waals surface area (Å²) >= 11 is 0. The third-order valence-corrected chi connectivity index (χ3v) is 13.5. The largest absolute Gasteiger partial charge is 0.391 e. The average Bonchev–Trinajstić information content (AvgIpc) is 3.44. The number of rotatable bonds is 5. The standard InChI is InChI=1S/C30H47NO4/c1-18(2)20-8-12-27(4)19-15-23(33)30-11-6-7-21(30)29(27,25(20)31(30)16-19)14-9-22(32)26(3)17-34-28(5)13-10-24(26)35-28/h18-21,23-25,33H,6-17H2,1-5H3/t19-,20-,21+,23-,24+,25+,26+,27-,28-,29+,30+/m1/s1. The molecule has 12 atom stereocenters. The van der Waals surface area contributed by atoms with E-state index in [9.17, 15) is 9.90 Å². The normalized spacial score (nSPS) is 59.8. The number of ether oxygens (including phenoxy) is 2. The van der Waals surface area contributed by atoms with Crippen LogP contribution in [0.4, 0.5) is 0 Å². The Hall–Kier alpha value is -0.490. The molecule has 0 radical (unpaired) electrons. The van der Waals surface area contributed by atoms with Gasteiger partial charge in [0, 0.05) is 25.4 Å². The molecule has 2 saturated carbocycles. The van der Waals surface area contributed by atoms with Crippen LogP contribution in [-0.2, 0) is 14.3 Å². The third kappa shape index (κ3) is 2.58. The lowest BCUT2D eigenvalue weighted by molar-refractivity contribution is -0.282. The third-order valence-electron chi connectivity index (χ3n) is 13.5. The van der Waals surface area contributed by atoms with Crippen molar-refractivity contribution >= 4 is 5.78 Å². The molecule has 7 rings (SSSR count). The predicted octanol–water partition coefficient (Wildman–Crippen LogP) is 4.94. The summed E-state index contributed by atoms with van der Waals surface area (Å²) in [6.45, 7) is 13.2. The SMILES string of the molecule is CC(C)[C@H]1CC[C@]2(C)[C@@H]3C[C@@H](O)[C@]45CCC[C@H]4[C@@]2(CCC(=O)[C@]2(C)CO[C@@]4(C)CC[C@@H]2O4)[C@H]1N5C3. The molecule has 5 heteroatoms. The van der Waals surface area contributed by atoms with Gasteiger partial charge in [-0.15, -0.1) is 0 Å². The van der Waals surface area contributed by atoms with Crippen molar-refractivity contribution in [3.8, 4) is 0 Å². The van der Waals surface area contributed by atoms with Crippen LogP contribution in [-0.4, -0.2) is 58.5 Å². The van der Waals surface area contributed by atoms with Gasteiger partial charge in [0.2, 0.25) is 0 Å².